The van der Waals surface area contributed by atoms with Crippen molar-refractivity contribution in [2.45, 2.75) is 12.3 Å². The van der Waals surface area contributed by atoms with Crippen LogP contribution in [0.3, 0.4) is 0 Å². The van der Waals surface area contributed by atoms with E-state index in [1.165, 1.54) is 11.3 Å². The molecule has 9 heteroatoms. The molecule has 1 heterocycles. The largest absolute Gasteiger partial charge is 0.369 e. The molecule has 1 fully saturated rings. The molecule has 2 rings (SSSR count). The maximum Gasteiger partial charge on any atom is 0.243 e. The summed E-state index contributed by atoms with van der Waals surface area (Å²) in [6, 6.07) is 1.92. The van der Waals surface area contributed by atoms with E-state index in [0.717, 1.165) is 9.35 Å². The molecule has 6 nitrogen and oxygen atoms in total. The zero-order chi connectivity index (χ0) is 14.2. The number of sulfonamides is 1. The number of nitrogens with one attached hydrogen (secondary N) is 1. The number of rotatable bonds is 5. The molecular formula is C10H11BrN2O4S2. The van der Waals surface area contributed by atoms with Gasteiger partial charge in [0.1, 0.15) is 5.75 Å². The Morgan fingerprint density at radius 1 is 1.53 bits per heavy atom. The van der Waals surface area contributed by atoms with Crippen LogP contribution in [-0.2, 0) is 19.6 Å². The second-order valence-corrected chi connectivity index (χ2v) is 8.34. The van der Waals surface area contributed by atoms with Gasteiger partial charge in [-0.25, -0.2) is 8.42 Å². The SMILES string of the molecule is NC(=O)CS(=O)(=O)NC(=O)[C@@H]1C[C@H]1c1csc(Br)c1. The van der Waals surface area contributed by atoms with Gasteiger partial charge in [0, 0.05) is 5.92 Å². The van der Waals surface area contributed by atoms with Crippen LogP contribution in [0.15, 0.2) is 15.2 Å². The molecule has 0 saturated heterocycles. The lowest BCUT2D eigenvalue weighted by atomic mass is 10.2. The van der Waals surface area contributed by atoms with Gasteiger partial charge >= 0.3 is 0 Å². The Hall–Kier alpha value is -0.930. The topological polar surface area (TPSA) is 106 Å². The number of amides is 2. The van der Waals surface area contributed by atoms with Gasteiger partial charge in [0.15, 0.2) is 0 Å². The van der Waals surface area contributed by atoms with Crippen LogP contribution >= 0.6 is 27.3 Å². The molecule has 1 aromatic heterocycles. The van der Waals surface area contributed by atoms with Crippen LogP contribution in [0.4, 0.5) is 0 Å². The molecule has 1 aromatic rings. The molecule has 0 bridgehead atoms. The summed E-state index contributed by atoms with van der Waals surface area (Å²) in [6.07, 6.45) is 0.612. The monoisotopic (exact) mass is 366 g/mol. The van der Waals surface area contributed by atoms with E-state index in [4.69, 9.17) is 5.73 Å². The lowest BCUT2D eigenvalue weighted by Crippen LogP contribution is -2.38. The zero-order valence-corrected chi connectivity index (χ0v) is 12.8. The van der Waals surface area contributed by atoms with Gasteiger partial charge < -0.3 is 5.73 Å². The molecule has 19 heavy (non-hydrogen) atoms. The average Bonchev–Trinajstić information content (AvgIpc) is 2.92. The number of halogens is 1. The van der Waals surface area contributed by atoms with Crippen LogP contribution in [0, 0.1) is 5.92 Å². The predicted molar refractivity (Wildman–Crippen MR) is 74.0 cm³/mol. The number of hydrogen-bond donors (Lipinski definition) is 2. The molecule has 0 aromatic carbocycles. The molecule has 104 valence electrons. The normalized spacial score (nSPS) is 21.9. The van der Waals surface area contributed by atoms with Gasteiger partial charge in [-0.1, -0.05) is 0 Å². The third-order valence-electron chi connectivity index (χ3n) is 2.73. The summed E-state index contributed by atoms with van der Waals surface area (Å²) in [5.74, 6) is -2.75. The molecule has 0 aliphatic heterocycles. The van der Waals surface area contributed by atoms with Crippen molar-refractivity contribution < 1.29 is 18.0 Å². The minimum absolute atomic E-state index is 0.0475. The van der Waals surface area contributed by atoms with Crippen molar-refractivity contribution in [3.63, 3.8) is 0 Å². The van der Waals surface area contributed by atoms with Crippen molar-refractivity contribution in [2.24, 2.45) is 11.7 Å². The average molecular weight is 367 g/mol. The number of carbonyl (C=O) groups is 2. The first kappa shape index (κ1) is 14.5. The molecule has 3 N–H and O–H groups in total. The van der Waals surface area contributed by atoms with E-state index in [-0.39, 0.29) is 11.8 Å². The van der Waals surface area contributed by atoms with Gasteiger partial charge in [-0.15, -0.1) is 11.3 Å². The lowest BCUT2D eigenvalue weighted by molar-refractivity contribution is -0.120. The first-order valence-corrected chi connectivity index (χ1v) is 8.67. The van der Waals surface area contributed by atoms with Crippen LogP contribution in [0.1, 0.15) is 17.9 Å². The molecular weight excluding hydrogens is 356 g/mol. The summed E-state index contributed by atoms with van der Waals surface area (Å²) in [7, 11) is -3.97. The Morgan fingerprint density at radius 3 is 2.74 bits per heavy atom. The summed E-state index contributed by atoms with van der Waals surface area (Å²) in [5.41, 5.74) is 5.81. The molecule has 0 unspecified atom stereocenters. The third-order valence-corrected chi connectivity index (χ3v) is 5.43. The van der Waals surface area contributed by atoms with E-state index in [0.29, 0.717) is 6.42 Å². The molecule has 1 saturated carbocycles. The van der Waals surface area contributed by atoms with E-state index in [1.54, 1.807) is 0 Å². The number of hydrogen-bond acceptors (Lipinski definition) is 5. The van der Waals surface area contributed by atoms with E-state index >= 15 is 0 Å². The van der Waals surface area contributed by atoms with Crippen molar-refractivity contribution in [1.82, 2.24) is 4.72 Å². The fraction of sp³-hybridized carbons (Fsp3) is 0.400. The van der Waals surface area contributed by atoms with Crippen molar-refractivity contribution >= 4 is 49.1 Å². The highest BCUT2D eigenvalue weighted by Gasteiger charge is 2.45. The Balaban J connectivity index is 1.95. The van der Waals surface area contributed by atoms with Gasteiger partial charge in [0.05, 0.1) is 3.79 Å². The molecule has 2 amide bonds. The minimum atomic E-state index is -3.97. The molecule has 0 radical (unpaired) electrons. The smallest absolute Gasteiger partial charge is 0.243 e. The van der Waals surface area contributed by atoms with E-state index in [9.17, 15) is 18.0 Å². The van der Waals surface area contributed by atoms with Crippen LogP contribution in [0.5, 0.6) is 0 Å². The summed E-state index contributed by atoms with van der Waals surface area (Å²) in [6.45, 7) is 0. The van der Waals surface area contributed by atoms with Gasteiger partial charge in [0.2, 0.25) is 21.8 Å². The van der Waals surface area contributed by atoms with Gasteiger partial charge in [0.25, 0.3) is 0 Å². The number of carbonyl (C=O) groups excluding carboxylic acids is 2. The first-order chi connectivity index (χ1) is 8.78. The van der Waals surface area contributed by atoms with Gasteiger partial charge in [-0.05, 0) is 45.3 Å². The van der Waals surface area contributed by atoms with Crippen LogP contribution in [0.25, 0.3) is 0 Å². The van der Waals surface area contributed by atoms with E-state index in [1.807, 2.05) is 16.2 Å². The zero-order valence-electron chi connectivity index (χ0n) is 9.63. The highest BCUT2D eigenvalue weighted by atomic mass is 79.9. The summed E-state index contributed by atoms with van der Waals surface area (Å²) >= 11 is 4.85. The Labute approximate surface area is 122 Å². The summed E-state index contributed by atoms with van der Waals surface area (Å²) in [5, 5.41) is 1.93. The van der Waals surface area contributed by atoms with Crippen LogP contribution < -0.4 is 10.5 Å². The van der Waals surface area contributed by atoms with Crippen molar-refractivity contribution in [1.29, 1.82) is 0 Å². The fourth-order valence-electron chi connectivity index (χ4n) is 1.82. The Morgan fingerprint density at radius 2 is 2.21 bits per heavy atom. The van der Waals surface area contributed by atoms with Crippen molar-refractivity contribution in [3.05, 3.63) is 20.8 Å². The maximum absolute atomic E-state index is 11.7. The second-order valence-electron chi connectivity index (χ2n) is 4.32. The van der Waals surface area contributed by atoms with Crippen molar-refractivity contribution in [2.75, 3.05) is 5.75 Å². The Bertz CT molecular complexity index is 625. The molecule has 0 spiro atoms. The van der Waals surface area contributed by atoms with Gasteiger partial charge in [-0.3, -0.25) is 14.3 Å². The molecule has 1 aliphatic carbocycles. The number of thiophene rings is 1. The van der Waals surface area contributed by atoms with Gasteiger partial charge in [-0.2, -0.15) is 0 Å². The minimum Gasteiger partial charge on any atom is -0.369 e. The predicted octanol–water partition coefficient (Wildman–Crippen LogP) is 0.545. The van der Waals surface area contributed by atoms with Crippen LogP contribution in [-0.4, -0.2) is 26.0 Å². The van der Waals surface area contributed by atoms with E-state index in [2.05, 4.69) is 15.9 Å². The second kappa shape index (κ2) is 5.22. The van der Waals surface area contributed by atoms with Crippen molar-refractivity contribution in [3.8, 4) is 0 Å². The lowest BCUT2D eigenvalue weighted by Gasteiger charge is -2.04. The number of primary amides is 1. The number of nitrogens with two attached hydrogens (primary N) is 1. The van der Waals surface area contributed by atoms with Crippen LogP contribution in [0.2, 0.25) is 0 Å². The highest BCUT2D eigenvalue weighted by molar-refractivity contribution is 9.11. The van der Waals surface area contributed by atoms with E-state index < -0.39 is 27.6 Å². The summed E-state index contributed by atoms with van der Waals surface area (Å²) in [4.78, 5) is 22.3. The molecule has 1 aliphatic rings. The standard InChI is InChI=1S/C10H11BrN2O4S2/c11-8-1-5(3-18-8)6-2-7(6)10(15)13-19(16,17)4-9(12)14/h1,3,6-7H,2,4H2,(H2,12,14)(H,13,15)/t6-,7+/m0/s1. The third kappa shape index (κ3) is 3.77. The highest BCUT2D eigenvalue weighted by Crippen LogP contribution is 2.49. The fourth-order valence-corrected chi connectivity index (χ4v) is 3.97. The Kier molecular flexibility index (Phi) is 3.98. The first-order valence-electron chi connectivity index (χ1n) is 5.35. The maximum atomic E-state index is 11.7. The summed E-state index contributed by atoms with van der Waals surface area (Å²) < 4.78 is 25.6. The quantitative estimate of drug-likeness (QED) is 0.792. The molecule has 2 atom stereocenters.